The topological polar surface area (TPSA) is 64.6 Å². The molecule has 0 unspecified atom stereocenters. The standard InChI is InChI=1S/C15H23BClNO4S/c1-10(2)23(19,20)18-11-7-8-12(13(17)9-11)16-21-14(3,4)15(5,6)22-16/h7-10,18H,1-6H3. The van der Waals surface area contributed by atoms with Crippen molar-refractivity contribution in [2.75, 3.05) is 4.72 Å². The average molecular weight is 360 g/mol. The highest BCUT2D eigenvalue weighted by atomic mass is 35.5. The molecule has 23 heavy (non-hydrogen) atoms. The molecule has 0 amide bonds. The van der Waals surface area contributed by atoms with Crippen molar-refractivity contribution < 1.29 is 17.7 Å². The van der Waals surface area contributed by atoms with Crippen LogP contribution in [0.15, 0.2) is 18.2 Å². The third kappa shape index (κ3) is 3.68. The molecule has 1 aliphatic heterocycles. The van der Waals surface area contributed by atoms with Crippen molar-refractivity contribution in [3.05, 3.63) is 23.2 Å². The van der Waals surface area contributed by atoms with Gasteiger partial charge in [0.25, 0.3) is 0 Å². The van der Waals surface area contributed by atoms with E-state index in [0.717, 1.165) is 0 Å². The molecule has 0 radical (unpaired) electrons. The number of nitrogens with one attached hydrogen (secondary N) is 1. The summed E-state index contributed by atoms with van der Waals surface area (Å²) in [6.45, 7) is 11.1. The smallest absolute Gasteiger partial charge is 0.399 e. The fourth-order valence-electron chi connectivity index (χ4n) is 2.03. The number of halogens is 1. The molecular weight excluding hydrogens is 337 g/mol. The van der Waals surface area contributed by atoms with Crippen molar-refractivity contribution >= 4 is 39.9 Å². The highest BCUT2D eigenvalue weighted by molar-refractivity contribution is 7.93. The molecule has 128 valence electrons. The molecule has 0 atom stereocenters. The predicted molar refractivity (Wildman–Crippen MR) is 94.8 cm³/mol. The van der Waals surface area contributed by atoms with Crippen LogP contribution in [0, 0.1) is 0 Å². The first kappa shape index (κ1) is 18.6. The quantitative estimate of drug-likeness (QED) is 0.840. The Morgan fingerprint density at radius 3 is 2.09 bits per heavy atom. The van der Waals surface area contributed by atoms with Crippen molar-refractivity contribution in [1.82, 2.24) is 0 Å². The van der Waals surface area contributed by atoms with Gasteiger partial charge in [-0.05, 0) is 53.7 Å². The van der Waals surface area contributed by atoms with Crippen LogP contribution in [0.1, 0.15) is 41.5 Å². The fraction of sp³-hybridized carbons (Fsp3) is 0.600. The summed E-state index contributed by atoms with van der Waals surface area (Å²) in [5, 5.41) is -0.128. The van der Waals surface area contributed by atoms with Gasteiger partial charge in [0.05, 0.1) is 16.5 Å². The van der Waals surface area contributed by atoms with Gasteiger partial charge in [-0.25, -0.2) is 8.42 Å². The van der Waals surface area contributed by atoms with Gasteiger partial charge >= 0.3 is 7.12 Å². The molecule has 8 heteroatoms. The molecule has 0 aliphatic carbocycles. The van der Waals surface area contributed by atoms with Crippen molar-refractivity contribution in [3.63, 3.8) is 0 Å². The Morgan fingerprint density at radius 2 is 1.65 bits per heavy atom. The van der Waals surface area contributed by atoms with Crippen LogP contribution in [0.2, 0.25) is 5.02 Å². The van der Waals surface area contributed by atoms with Crippen molar-refractivity contribution in [2.45, 2.75) is 58.0 Å². The fourth-order valence-corrected chi connectivity index (χ4v) is 2.99. The average Bonchev–Trinajstić information content (AvgIpc) is 2.57. The molecule has 1 aromatic rings. The van der Waals surface area contributed by atoms with Gasteiger partial charge in [0, 0.05) is 16.2 Å². The van der Waals surface area contributed by atoms with Crippen LogP contribution in [-0.4, -0.2) is 32.0 Å². The lowest BCUT2D eigenvalue weighted by atomic mass is 9.79. The summed E-state index contributed by atoms with van der Waals surface area (Å²) in [5.41, 5.74) is 0.180. The van der Waals surface area contributed by atoms with Crippen molar-refractivity contribution in [3.8, 4) is 0 Å². The molecular formula is C15H23BClNO4S. The second-order valence-corrected chi connectivity index (χ2v) is 9.66. The van der Waals surface area contributed by atoms with Crippen molar-refractivity contribution in [2.24, 2.45) is 0 Å². The summed E-state index contributed by atoms with van der Waals surface area (Å²) >= 11 is 6.31. The van der Waals surface area contributed by atoms with E-state index in [0.29, 0.717) is 16.2 Å². The molecule has 0 spiro atoms. The molecule has 1 heterocycles. The van der Waals surface area contributed by atoms with Crippen LogP contribution < -0.4 is 10.2 Å². The summed E-state index contributed by atoms with van der Waals surface area (Å²) in [6.07, 6.45) is 0. The highest BCUT2D eigenvalue weighted by Crippen LogP contribution is 2.37. The number of anilines is 1. The SMILES string of the molecule is CC(C)S(=O)(=O)Nc1ccc(B2OC(C)(C)C(C)(C)O2)c(Cl)c1. The van der Waals surface area contributed by atoms with E-state index in [1.165, 1.54) is 0 Å². The monoisotopic (exact) mass is 359 g/mol. The zero-order chi connectivity index (χ0) is 17.6. The van der Waals surface area contributed by atoms with Gasteiger partial charge in [-0.15, -0.1) is 0 Å². The Kier molecular flexibility index (Phi) is 4.81. The number of sulfonamides is 1. The maximum Gasteiger partial charge on any atom is 0.496 e. The van der Waals surface area contributed by atoms with Crippen LogP contribution in [0.3, 0.4) is 0 Å². The second kappa shape index (κ2) is 5.95. The first-order chi connectivity index (χ1) is 10.4. The Bertz CT molecular complexity index is 687. The summed E-state index contributed by atoms with van der Waals surface area (Å²) in [4.78, 5) is 0. The minimum atomic E-state index is -3.41. The van der Waals surface area contributed by atoms with E-state index >= 15 is 0 Å². The van der Waals surface area contributed by atoms with Gasteiger partial charge in [-0.3, -0.25) is 4.72 Å². The molecule has 2 rings (SSSR count). The van der Waals surface area contributed by atoms with E-state index in [1.807, 2.05) is 27.7 Å². The molecule has 0 saturated carbocycles. The third-order valence-corrected chi connectivity index (χ3v) is 6.48. The molecule has 1 aliphatic rings. The summed E-state index contributed by atoms with van der Waals surface area (Å²) < 4.78 is 38.3. The minimum Gasteiger partial charge on any atom is -0.399 e. The van der Waals surface area contributed by atoms with Gasteiger partial charge in [-0.1, -0.05) is 17.7 Å². The van der Waals surface area contributed by atoms with Crippen LogP contribution in [0.4, 0.5) is 5.69 Å². The molecule has 0 bridgehead atoms. The Hall–Kier alpha value is -0.755. The number of rotatable bonds is 4. The van der Waals surface area contributed by atoms with Gasteiger partial charge < -0.3 is 9.31 Å². The third-order valence-electron chi connectivity index (χ3n) is 4.39. The number of benzene rings is 1. The van der Waals surface area contributed by atoms with E-state index in [2.05, 4.69) is 4.72 Å². The Morgan fingerprint density at radius 1 is 1.13 bits per heavy atom. The van der Waals surface area contributed by atoms with Gasteiger partial charge in [-0.2, -0.15) is 0 Å². The van der Waals surface area contributed by atoms with Gasteiger partial charge in [0.15, 0.2) is 0 Å². The summed E-state index contributed by atoms with van der Waals surface area (Å²) in [5.74, 6) is 0. The largest absolute Gasteiger partial charge is 0.496 e. The number of hydrogen-bond acceptors (Lipinski definition) is 4. The predicted octanol–water partition coefficient (Wildman–Crippen LogP) is 2.79. The van der Waals surface area contributed by atoms with E-state index in [4.69, 9.17) is 20.9 Å². The van der Waals surface area contributed by atoms with Gasteiger partial charge in [0.1, 0.15) is 0 Å². The summed E-state index contributed by atoms with van der Waals surface area (Å²) in [6, 6.07) is 4.96. The lowest BCUT2D eigenvalue weighted by molar-refractivity contribution is 0.00578. The lowest BCUT2D eigenvalue weighted by Gasteiger charge is -2.32. The normalized spacial score (nSPS) is 20.1. The maximum atomic E-state index is 11.9. The molecule has 1 fully saturated rings. The molecule has 1 saturated heterocycles. The van der Waals surface area contributed by atoms with Gasteiger partial charge in [0.2, 0.25) is 10.0 Å². The van der Waals surface area contributed by atoms with Crippen LogP contribution in [-0.2, 0) is 19.3 Å². The molecule has 1 N–H and O–H groups in total. The zero-order valence-electron chi connectivity index (χ0n) is 14.3. The Labute approximate surface area is 143 Å². The van der Waals surface area contributed by atoms with Crippen LogP contribution >= 0.6 is 11.6 Å². The Balaban J connectivity index is 2.25. The first-order valence-electron chi connectivity index (χ1n) is 7.52. The minimum absolute atomic E-state index is 0.396. The molecule has 1 aromatic carbocycles. The van der Waals surface area contributed by atoms with Crippen LogP contribution in [0.5, 0.6) is 0 Å². The van der Waals surface area contributed by atoms with E-state index < -0.39 is 33.6 Å². The van der Waals surface area contributed by atoms with E-state index in [1.54, 1.807) is 32.0 Å². The van der Waals surface area contributed by atoms with Crippen molar-refractivity contribution in [1.29, 1.82) is 0 Å². The lowest BCUT2D eigenvalue weighted by Crippen LogP contribution is -2.41. The highest BCUT2D eigenvalue weighted by Gasteiger charge is 2.52. The molecule has 5 nitrogen and oxygen atoms in total. The molecule has 0 aromatic heterocycles. The maximum absolute atomic E-state index is 11.9. The second-order valence-electron chi connectivity index (χ2n) is 7.02. The zero-order valence-corrected chi connectivity index (χ0v) is 15.9. The van der Waals surface area contributed by atoms with E-state index in [-0.39, 0.29) is 0 Å². The summed E-state index contributed by atoms with van der Waals surface area (Å²) in [7, 11) is -3.99. The van der Waals surface area contributed by atoms with E-state index in [9.17, 15) is 8.42 Å². The van der Waals surface area contributed by atoms with Crippen LogP contribution in [0.25, 0.3) is 0 Å². The first-order valence-corrected chi connectivity index (χ1v) is 9.45. The number of hydrogen-bond donors (Lipinski definition) is 1.